The topological polar surface area (TPSA) is 37.8 Å². The maximum absolute atomic E-state index is 4.60. The molecule has 0 saturated heterocycles. The summed E-state index contributed by atoms with van der Waals surface area (Å²) in [7, 11) is 0. The van der Waals surface area contributed by atoms with Gasteiger partial charge in [-0.3, -0.25) is 4.98 Å². The molecule has 0 aliphatic rings. The van der Waals surface area contributed by atoms with Crippen LogP contribution in [0, 0.1) is 6.92 Å². The molecule has 4 heteroatoms. The lowest BCUT2D eigenvalue weighted by Gasteiger charge is -2.04. The van der Waals surface area contributed by atoms with Gasteiger partial charge in [0.15, 0.2) is 0 Å². The number of rotatable bonds is 4. The molecule has 0 bridgehead atoms. The van der Waals surface area contributed by atoms with Crippen LogP contribution in [0.4, 0.5) is 0 Å². The Labute approximate surface area is 106 Å². The van der Waals surface area contributed by atoms with Crippen molar-refractivity contribution < 1.29 is 0 Å². The number of nitrogens with one attached hydrogen (secondary N) is 1. The highest BCUT2D eigenvalue weighted by Gasteiger charge is 2.05. The van der Waals surface area contributed by atoms with E-state index < -0.39 is 0 Å². The molecule has 0 radical (unpaired) electrons. The van der Waals surface area contributed by atoms with Crippen molar-refractivity contribution in [3.8, 4) is 10.6 Å². The first-order valence-electron chi connectivity index (χ1n) is 5.76. The molecule has 0 unspecified atom stereocenters. The van der Waals surface area contributed by atoms with Gasteiger partial charge in [-0.1, -0.05) is 13.8 Å². The largest absolute Gasteiger partial charge is 0.309 e. The number of hydrogen-bond acceptors (Lipinski definition) is 4. The first kappa shape index (κ1) is 12.2. The van der Waals surface area contributed by atoms with Crippen LogP contribution in [0.5, 0.6) is 0 Å². The van der Waals surface area contributed by atoms with Gasteiger partial charge in [0, 0.05) is 35.4 Å². The maximum Gasteiger partial charge on any atom is 0.125 e. The van der Waals surface area contributed by atoms with E-state index in [-0.39, 0.29) is 0 Å². The number of aromatic nitrogens is 2. The quantitative estimate of drug-likeness (QED) is 0.902. The standard InChI is InChI=1S/C13H17N3S/c1-9(2)14-7-12-8-17-13(16-12)11-5-4-10(3)15-6-11/h4-6,8-9,14H,7H2,1-3H3. The predicted octanol–water partition coefficient (Wildman–Crippen LogP) is 3.01. The summed E-state index contributed by atoms with van der Waals surface area (Å²) in [5, 5.41) is 6.51. The van der Waals surface area contributed by atoms with E-state index >= 15 is 0 Å². The Kier molecular flexibility index (Phi) is 3.86. The molecule has 2 heterocycles. The molecule has 0 fully saturated rings. The maximum atomic E-state index is 4.60. The summed E-state index contributed by atoms with van der Waals surface area (Å²) in [6, 6.07) is 4.57. The smallest absolute Gasteiger partial charge is 0.125 e. The van der Waals surface area contributed by atoms with Gasteiger partial charge in [0.25, 0.3) is 0 Å². The van der Waals surface area contributed by atoms with Crippen LogP contribution < -0.4 is 5.32 Å². The summed E-state index contributed by atoms with van der Waals surface area (Å²) in [5.41, 5.74) is 3.22. The van der Waals surface area contributed by atoms with Crippen molar-refractivity contribution in [2.75, 3.05) is 0 Å². The van der Waals surface area contributed by atoms with Crippen molar-refractivity contribution in [3.05, 3.63) is 35.1 Å². The lowest BCUT2D eigenvalue weighted by Crippen LogP contribution is -2.21. The van der Waals surface area contributed by atoms with Crippen LogP contribution in [0.2, 0.25) is 0 Å². The Morgan fingerprint density at radius 2 is 2.18 bits per heavy atom. The molecule has 1 N–H and O–H groups in total. The van der Waals surface area contributed by atoms with Gasteiger partial charge in [0.05, 0.1) is 5.69 Å². The average molecular weight is 247 g/mol. The third kappa shape index (κ3) is 3.35. The monoisotopic (exact) mass is 247 g/mol. The van der Waals surface area contributed by atoms with Crippen LogP contribution in [0.1, 0.15) is 25.2 Å². The summed E-state index contributed by atoms with van der Waals surface area (Å²) in [6.07, 6.45) is 1.88. The predicted molar refractivity (Wildman–Crippen MR) is 72.1 cm³/mol. The van der Waals surface area contributed by atoms with Crippen molar-refractivity contribution in [3.63, 3.8) is 0 Å². The van der Waals surface area contributed by atoms with Gasteiger partial charge in [-0.2, -0.15) is 0 Å². The highest BCUT2D eigenvalue weighted by molar-refractivity contribution is 7.13. The van der Waals surface area contributed by atoms with E-state index in [0.717, 1.165) is 28.5 Å². The first-order chi connectivity index (χ1) is 8.15. The number of thiazole rings is 1. The van der Waals surface area contributed by atoms with E-state index in [1.54, 1.807) is 11.3 Å². The van der Waals surface area contributed by atoms with Gasteiger partial charge in [-0.15, -0.1) is 11.3 Å². The van der Waals surface area contributed by atoms with Gasteiger partial charge in [0.1, 0.15) is 5.01 Å². The lowest BCUT2D eigenvalue weighted by atomic mass is 10.2. The van der Waals surface area contributed by atoms with Crippen LogP contribution in [0.15, 0.2) is 23.7 Å². The minimum Gasteiger partial charge on any atom is -0.309 e. The van der Waals surface area contributed by atoms with E-state index in [1.807, 2.05) is 19.2 Å². The number of aryl methyl sites for hydroxylation is 1. The van der Waals surface area contributed by atoms with Crippen LogP contribution >= 0.6 is 11.3 Å². The average Bonchev–Trinajstić information content (AvgIpc) is 2.76. The zero-order valence-electron chi connectivity index (χ0n) is 10.4. The Bertz CT molecular complexity index is 474. The molecule has 0 aromatic carbocycles. The fourth-order valence-corrected chi connectivity index (χ4v) is 2.23. The van der Waals surface area contributed by atoms with Crippen molar-refractivity contribution in [1.29, 1.82) is 0 Å². The molecule has 0 amide bonds. The zero-order valence-corrected chi connectivity index (χ0v) is 11.2. The first-order valence-corrected chi connectivity index (χ1v) is 6.64. The number of pyridine rings is 1. The molecular weight excluding hydrogens is 230 g/mol. The molecule has 0 saturated carbocycles. The SMILES string of the molecule is Cc1ccc(-c2nc(CNC(C)C)cs2)cn1. The molecule has 2 aromatic rings. The van der Waals surface area contributed by atoms with Crippen LogP contribution in [-0.4, -0.2) is 16.0 Å². The molecule has 2 rings (SSSR count). The molecule has 0 aliphatic carbocycles. The van der Waals surface area contributed by atoms with Gasteiger partial charge >= 0.3 is 0 Å². The van der Waals surface area contributed by atoms with E-state index in [2.05, 4.69) is 40.6 Å². The van der Waals surface area contributed by atoms with Crippen molar-refractivity contribution in [2.24, 2.45) is 0 Å². The van der Waals surface area contributed by atoms with Crippen LogP contribution in [-0.2, 0) is 6.54 Å². The van der Waals surface area contributed by atoms with Gasteiger partial charge < -0.3 is 5.32 Å². The molecule has 17 heavy (non-hydrogen) atoms. The Morgan fingerprint density at radius 1 is 1.35 bits per heavy atom. The van der Waals surface area contributed by atoms with Crippen molar-refractivity contribution in [2.45, 2.75) is 33.4 Å². The summed E-state index contributed by atoms with van der Waals surface area (Å²) in [5.74, 6) is 0. The fourth-order valence-electron chi connectivity index (χ4n) is 1.42. The molecule has 0 aliphatic heterocycles. The fraction of sp³-hybridized carbons (Fsp3) is 0.385. The minimum absolute atomic E-state index is 0.487. The van der Waals surface area contributed by atoms with E-state index in [0.29, 0.717) is 6.04 Å². The molecule has 90 valence electrons. The number of hydrogen-bond donors (Lipinski definition) is 1. The summed E-state index contributed by atoms with van der Waals surface area (Å²) >= 11 is 1.67. The highest BCUT2D eigenvalue weighted by atomic mass is 32.1. The molecular formula is C13H17N3S. The van der Waals surface area contributed by atoms with Gasteiger partial charge in [0.2, 0.25) is 0 Å². The lowest BCUT2D eigenvalue weighted by molar-refractivity contribution is 0.583. The third-order valence-electron chi connectivity index (χ3n) is 2.40. The third-order valence-corrected chi connectivity index (χ3v) is 3.34. The van der Waals surface area contributed by atoms with E-state index in [1.165, 1.54) is 0 Å². The van der Waals surface area contributed by atoms with Gasteiger partial charge in [-0.25, -0.2) is 4.98 Å². The molecule has 2 aromatic heterocycles. The number of nitrogens with zero attached hydrogens (tertiary/aromatic N) is 2. The zero-order chi connectivity index (χ0) is 12.3. The molecule has 0 spiro atoms. The van der Waals surface area contributed by atoms with E-state index in [4.69, 9.17) is 0 Å². The molecule has 3 nitrogen and oxygen atoms in total. The van der Waals surface area contributed by atoms with Crippen molar-refractivity contribution >= 4 is 11.3 Å². The second kappa shape index (κ2) is 5.38. The summed E-state index contributed by atoms with van der Waals surface area (Å²) in [4.78, 5) is 8.89. The summed E-state index contributed by atoms with van der Waals surface area (Å²) < 4.78 is 0. The van der Waals surface area contributed by atoms with Gasteiger partial charge in [-0.05, 0) is 19.1 Å². The van der Waals surface area contributed by atoms with E-state index in [9.17, 15) is 0 Å². The Balaban J connectivity index is 2.10. The second-order valence-corrected chi connectivity index (χ2v) is 5.23. The normalized spacial score (nSPS) is 11.1. The molecule has 0 atom stereocenters. The second-order valence-electron chi connectivity index (χ2n) is 4.37. The minimum atomic E-state index is 0.487. The van der Waals surface area contributed by atoms with Crippen LogP contribution in [0.3, 0.4) is 0 Å². The summed E-state index contributed by atoms with van der Waals surface area (Å²) in [6.45, 7) is 7.09. The van der Waals surface area contributed by atoms with Crippen molar-refractivity contribution in [1.82, 2.24) is 15.3 Å². The van der Waals surface area contributed by atoms with Crippen LogP contribution in [0.25, 0.3) is 10.6 Å². The highest BCUT2D eigenvalue weighted by Crippen LogP contribution is 2.22. The Hall–Kier alpha value is -1.26. The Morgan fingerprint density at radius 3 is 2.82 bits per heavy atom.